The number of anilines is 1. The number of carbonyl (C=O) groups is 2. The van der Waals surface area contributed by atoms with Gasteiger partial charge in [0.25, 0.3) is 0 Å². The highest BCUT2D eigenvalue weighted by molar-refractivity contribution is 5.91. The minimum atomic E-state index is -0.466. The summed E-state index contributed by atoms with van der Waals surface area (Å²) >= 11 is 0. The molecule has 1 rings (SSSR count). The Balaban J connectivity index is 2.55. The maximum absolute atomic E-state index is 11.6. The van der Waals surface area contributed by atoms with Crippen LogP contribution in [0.4, 0.5) is 5.69 Å². The topological polar surface area (TPSA) is 78.6 Å². The van der Waals surface area contributed by atoms with Crippen molar-refractivity contribution in [2.45, 2.75) is 13.3 Å². The predicted octanol–water partition coefficient (Wildman–Crippen LogP) is 1.30. The van der Waals surface area contributed by atoms with Gasteiger partial charge in [-0.1, -0.05) is 0 Å². The fourth-order valence-electron chi connectivity index (χ4n) is 1.32. The van der Waals surface area contributed by atoms with Crippen molar-refractivity contribution in [1.29, 1.82) is 0 Å². The van der Waals surface area contributed by atoms with Gasteiger partial charge in [-0.15, -0.1) is 0 Å². The molecular weight excluding hydrogens is 222 g/mol. The summed E-state index contributed by atoms with van der Waals surface area (Å²) < 4.78 is 9.37. The Labute approximate surface area is 99.5 Å². The third kappa shape index (κ3) is 3.79. The first-order chi connectivity index (χ1) is 8.04. The molecule has 0 saturated carbocycles. The quantitative estimate of drug-likeness (QED) is 0.630. The number of rotatable bonds is 4. The van der Waals surface area contributed by atoms with Gasteiger partial charge in [-0.3, -0.25) is 4.79 Å². The predicted molar refractivity (Wildman–Crippen MR) is 62.5 cm³/mol. The zero-order valence-corrected chi connectivity index (χ0v) is 9.86. The highest BCUT2D eigenvalue weighted by Crippen LogP contribution is 2.13. The zero-order chi connectivity index (χ0) is 12.8. The van der Waals surface area contributed by atoms with E-state index in [2.05, 4.69) is 4.74 Å². The van der Waals surface area contributed by atoms with Crippen LogP contribution in [0.5, 0.6) is 0 Å². The van der Waals surface area contributed by atoms with Gasteiger partial charge < -0.3 is 15.2 Å². The summed E-state index contributed by atoms with van der Waals surface area (Å²) in [6.45, 7) is 1.78. The van der Waals surface area contributed by atoms with Crippen molar-refractivity contribution in [2.24, 2.45) is 0 Å². The Morgan fingerprint density at radius 2 is 2.06 bits per heavy atom. The second kappa shape index (κ2) is 5.89. The molecule has 0 atom stereocenters. The van der Waals surface area contributed by atoms with Gasteiger partial charge in [0, 0.05) is 5.69 Å². The number of methoxy groups -OCH3 is 1. The van der Waals surface area contributed by atoms with Crippen molar-refractivity contribution in [3.05, 3.63) is 29.3 Å². The molecular formula is C12H15NO4. The van der Waals surface area contributed by atoms with Crippen molar-refractivity contribution in [2.75, 3.05) is 19.5 Å². The normalized spacial score (nSPS) is 9.76. The molecule has 0 saturated heterocycles. The standard InChI is InChI=1S/C12H15NO4/c1-8-7-9(13)3-4-10(8)12(15)17-6-5-11(14)16-2/h3-4,7H,5-6,13H2,1-2H3. The van der Waals surface area contributed by atoms with Crippen LogP contribution < -0.4 is 5.73 Å². The lowest BCUT2D eigenvalue weighted by Gasteiger charge is -2.07. The largest absolute Gasteiger partial charge is 0.469 e. The Hall–Kier alpha value is -2.04. The average Bonchev–Trinajstić information content (AvgIpc) is 2.28. The van der Waals surface area contributed by atoms with Crippen molar-refractivity contribution in [1.82, 2.24) is 0 Å². The number of hydrogen-bond acceptors (Lipinski definition) is 5. The van der Waals surface area contributed by atoms with Gasteiger partial charge >= 0.3 is 11.9 Å². The molecule has 17 heavy (non-hydrogen) atoms. The molecule has 0 aromatic heterocycles. The zero-order valence-electron chi connectivity index (χ0n) is 9.86. The summed E-state index contributed by atoms with van der Waals surface area (Å²) in [4.78, 5) is 22.4. The van der Waals surface area contributed by atoms with Gasteiger partial charge in [0.1, 0.15) is 6.61 Å². The first-order valence-electron chi connectivity index (χ1n) is 5.14. The average molecular weight is 237 g/mol. The highest BCUT2D eigenvalue weighted by atomic mass is 16.5. The highest BCUT2D eigenvalue weighted by Gasteiger charge is 2.11. The maximum atomic E-state index is 11.6. The minimum Gasteiger partial charge on any atom is -0.469 e. The molecule has 0 unspecified atom stereocenters. The molecule has 0 heterocycles. The fraction of sp³-hybridized carbons (Fsp3) is 0.333. The number of carbonyl (C=O) groups excluding carboxylic acids is 2. The number of ether oxygens (including phenoxy) is 2. The van der Waals surface area contributed by atoms with E-state index in [0.29, 0.717) is 11.3 Å². The first kappa shape index (κ1) is 13.0. The summed E-state index contributed by atoms with van der Waals surface area (Å²) in [5.41, 5.74) is 7.36. The van der Waals surface area contributed by atoms with Crippen molar-refractivity contribution in [3.63, 3.8) is 0 Å². The Morgan fingerprint density at radius 1 is 1.35 bits per heavy atom. The molecule has 0 bridgehead atoms. The summed E-state index contributed by atoms with van der Waals surface area (Å²) in [6, 6.07) is 4.92. The maximum Gasteiger partial charge on any atom is 0.338 e. The number of nitrogen functional groups attached to an aromatic ring is 1. The van der Waals surface area contributed by atoms with Gasteiger partial charge in [-0.2, -0.15) is 0 Å². The minimum absolute atomic E-state index is 0.00925. The molecule has 0 radical (unpaired) electrons. The van der Waals surface area contributed by atoms with Crippen molar-refractivity contribution in [3.8, 4) is 0 Å². The van der Waals surface area contributed by atoms with E-state index < -0.39 is 11.9 Å². The molecule has 0 spiro atoms. The molecule has 0 aliphatic carbocycles. The summed E-state index contributed by atoms with van der Waals surface area (Å²) in [5.74, 6) is -0.877. The Bertz CT molecular complexity index is 429. The fourth-order valence-corrected chi connectivity index (χ4v) is 1.32. The van der Waals surface area contributed by atoms with Crippen molar-refractivity contribution >= 4 is 17.6 Å². The van der Waals surface area contributed by atoms with Crippen LogP contribution in [-0.4, -0.2) is 25.7 Å². The second-order valence-electron chi connectivity index (χ2n) is 3.54. The first-order valence-corrected chi connectivity index (χ1v) is 5.14. The van der Waals surface area contributed by atoms with E-state index in [0.717, 1.165) is 5.56 Å². The van der Waals surface area contributed by atoms with Crippen LogP contribution in [0.1, 0.15) is 22.3 Å². The van der Waals surface area contributed by atoms with E-state index in [4.69, 9.17) is 10.5 Å². The molecule has 0 aliphatic heterocycles. The van der Waals surface area contributed by atoms with Gasteiger partial charge in [0.15, 0.2) is 0 Å². The lowest BCUT2D eigenvalue weighted by molar-refractivity contribution is -0.141. The van der Waals surface area contributed by atoms with Crippen LogP contribution in [0.15, 0.2) is 18.2 Å². The van der Waals surface area contributed by atoms with E-state index in [-0.39, 0.29) is 13.0 Å². The third-order valence-electron chi connectivity index (χ3n) is 2.24. The molecule has 0 amide bonds. The van der Waals surface area contributed by atoms with E-state index in [1.165, 1.54) is 7.11 Å². The van der Waals surface area contributed by atoms with Gasteiger partial charge in [-0.05, 0) is 30.7 Å². The van der Waals surface area contributed by atoms with Crippen LogP contribution >= 0.6 is 0 Å². The lowest BCUT2D eigenvalue weighted by atomic mass is 10.1. The molecule has 2 N–H and O–H groups in total. The van der Waals surface area contributed by atoms with Gasteiger partial charge in [0.05, 0.1) is 19.1 Å². The molecule has 92 valence electrons. The number of esters is 2. The monoisotopic (exact) mass is 237 g/mol. The number of hydrogen-bond donors (Lipinski definition) is 1. The van der Waals surface area contributed by atoms with Crippen LogP contribution in [0, 0.1) is 6.92 Å². The van der Waals surface area contributed by atoms with Crippen LogP contribution in [0.2, 0.25) is 0 Å². The summed E-state index contributed by atoms with van der Waals surface area (Å²) in [7, 11) is 1.29. The SMILES string of the molecule is COC(=O)CCOC(=O)c1ccc(N)cc1C. The molecule has 0 fully saturated rings. The Kier molecular flexibility index (Phi) is 4.51. The van der Waals surface area contributed by atoms with Gasteiger partial charge in [0.2, 0.25) is 0 Å². The molecule has 1 aromatic rings. The molecule has 1 aromatic carbocycles. The third-order valence-corrected chi connectivity index (χ3v) is 2.24. The van der Waals surface area contributed by atoms with Crippen LogP contribution in [0.25, 0.3) is 0 Å². The van der Waals surface area contributed by atoms with Crippen LogP contribution in [0.3, 0.4) is 0 Å². The number of aryl methyl sites for hydroxylation is 1. The van der Waals surface area contributed by atoms with Crippen LogP contribution in [-0.2, 0) is 14.3 Å². The lowest BCUT2D eigenvalue weighted by Crippen LogP contribution is -2.12. The van der Waals surface area contributed by atoms with E-state index in [1.807, 2.05) is 0 Å². The Morgan fingerprint density at radius 3 is 2.65 bits per heavy atom. The second-order valence-corrected chi connectivity index (χ2v) is 3.54. The number of nitrogens with two attached hydrogens (primary N) is 1. The number of benzene rings is 1. The van der Waals surface area contributed by atoms with E-state index in [9.17, 15) is 9.59 Å². The smallest absolute Gasteiger partial charge is 0.338 e. The van der Waals surface area contributed by atoms with E-state index in [1.54, 1.807) is 25.1 Å². The van der Waals surface area contributed by atoms with E-state index >= 15 is 0 Å². The van der Waals surface area contributed by atoms with Gasteiger partial charge in [-0.25, -0.2) is 4.79 Å². The molecule has 5 heteroatoms. The summed E-state index contributed by atoms with van der Waals surface area (Å²) in [5, 5.41) is 0. The summed E-state index contributed by atoms with van der Waals surface area (Å²) in [6.07, 6.45) is 0.0518. The molecule has 5 nitrogen and oxygen atoms in total. The molecule has 0 aliphatic rings. The van der Waals surface area contributed by atoms with Crippen molar-refractivity contribution < 1.29 is 19.1 Å².